The molecular weight excluding hydrogens is 500 g/mol. The summed E-state index contributed by atoms with van der Waals surface area (Å²) in [5.74, 6) is 0.960. The maximum Gasteiger partial charge on any atom is 0.145 e. The number of nitrogens with zero attached hydrogens (tertiary/aromatic N) is 4. The van der Waals surface area contributed by atoms with Gasteiger partial charge in [-0.15, -0.1) is 0 Å². The summed E-state index contributed by atoms with van der Waals surface area (Å²) in [4.78, 5) is 7.49. The second kappa shape index (κ2) is 8.44. The van der Waals surface area contributed by atoms with Crippen LogP contribution in [0.5, 0.6) is 0 Å². The normalized spacial score (nSPS) is 12.3. The highest BCUT2D eigenvalue weighted by Crippen LogP contribution is 2.48. The van der Waals surface area contributed by atoms with E-state index >= 15 is 0 Å². The van der Waals surface area contributed by atoms with E-state index in [1.54, 1.807) is 0 Å². The van der Waals surface area contributed by atoms with Crippen LogP contribution in [0.15, 0.2) is 146 Å². The van der Waals surface area contributed by atoms with E-state index in [9.17, 15) is 0 Å². The largest absolute Gasteiger partial charge is 0.309 e. The second-order valence-electron chi connectivity index (χ2n) is 10.5. The fourth-order valence-corrected chi connectivity index (χ4v) is 6.51. The molecule has 0 N–H and O–H groups in total. The molecule has 0 unspecified atom stereocenters. The zero-order valence-electron chi connectivity index (χ0n) is 22.1. The van der Waals surface area contributed by atoms with E-state index in [-0.39, 0.29) is 0 Å². The molecule has 0 saturated heterocycles. The second-order valence-corrected chi connectivity index (χ2v) is 10.5. The highest BCUT2D eigenvalue weighted by Gasteiger charge is 2.29. The van der Waals surface area contributed by atoms with Crippen molar-refractivity contribution in [2.75, 3.05) is 4.90 Å². The van der Waals surface area contributed by atoms with Crippen molar-refractivity contribution in [2.24, 2.45) is 0 Å². The molecule has 0 atom stereocenters. The number of para-hydroxylation sites is 5. The average Bonchev–Trinajstić information content (AvgIpc) is 3.60. The van der Waals surface area contributed by atoms with E-state index in [1.165, 1.54) is 21.8 Å². The molecule has 41 heavy (non-hydrogen) atoms. The van der Waals surface area contributed by atoms with Crippen LogP contribution in [0, 0.1) is 0 Å². The van der Waals surface area contributed by atoms with Gasteiger partial charge in [-0.2, -0.15) is 0 Å². The average molecular weight is 525 g/mol. The Labute approximate surface area is 237 Å². The first-order chi connectivity index (χ1) is 20.4. The number of rotatable bonds is 3. The molecule has 1 aliphatic rings. The van der Waals surface area contributed by atoms with Gasteiger partial charge in [0.1, 0.15) is 5.82 Å². The van der Waals surface area contributed by atoms with Crippen LogP contribution in [0.25, 0.3) is 55.6 Å². The monoisotopic (exact) mass is 524 g/mol. The van der Waals surface area contributed by atoms with Crippen LogP contribution in [0.2, 0.25) is 0 Å². The van der Waals surface area contributed by atoms with Gasteiger partial charge >= 0.3 is 0 Å². The van der Waals surface area contributed by atoms with Crippen molar-refractivity contribution in [3.05, 3.63) is 146 Å². The predicted molar refractivity (Wildman–Crippen MR) is 169 cm³/mol. The van der Waals surface area contributed by atoms with Crippen molar-refractivity contribution in [3.63, 3.8) is 0 Å². The van der Waals surface area contributed by atoms with E-state index in [1.807, 2.05) is 6.07 Å². The fourth-order valence-electron chi connectivity index (χ4n) is 6.51. The quantitative estimate of drug-likeness (QED) is 0.230. The number of fused-ring (bicyclic) bond motifs is 5. The van der Waals surface area contributed by atoms with Crippen LogP contribution >= 0.6 is 0 Å². The molecule has 0 bridgehead atoms. The minimum atomic E-state index is 0.960. The lowest BCUT2D eigenvalue weighted by molar-refractivity contribution is 1.06. The fraction of sp³-hybridized carbons (Fsp3) is 0. The van der Waals surface area contributed by atoms with Crippen molar-refractivity contribution >= 4 is 49.9 Å². The lowest BCUT2D eigenvalue weighted by Gasteiger charge is -2.33. The molecule has 1 aliphatic heterocycles. The molecule has 6 aromatic carbocycles. The third kappa shape index (κ3) is 3.13. The minimum Gasteiger partial charge on any atom is -0.309 e. The molecule has 2 aromatic heterocycles. The Morgan fingerprint density at radius 2 is 1.00 bits per heavy atom. The predicted octanol–water partition coefficient (Wildman–Crippen LogP) is 9.57. The number of hydrogen-bond donors (Lipinski definition) is 0. The van der Waals surface area contributed by atoms with Gasteiger partial charge < -0.3 is 9.47 Å². The Hall–Kier alpha value is -5.61. The minimum absolute atomic E-state index is 0.960. The molecule has 3 heterocycles. The summed E-state index contributed by atoms with van der Waals surface area (Å²) in [7, 11) is 0. The third-order valence-corrected chi connectivity index (χ3v) is 8.24. The SMILES string of the molecule is c1ccc(-c2nc3cccc4c3n2-c2ccccc2N4c2ccc(-n3c4ccccc4c4ccccc43)cc2)cc1. The Kier molecular flexibility index (Phi) is 4.58. The molecule has 8 aromatic rings. The van der Waals surface area contributed by atoms with Crippen molar-refractivity contribution in [1.82, 2.24) is 14.1 Å². The Morgan fingerprint density at radius 3 is 1.73 bits per heavy atom. The zero-order valence-corrected chi connectivity index (χ0v) is 22.1. The Balaban J connectivity index is 1.25. The topological polar surface area (TPSA) is 26.0 Å². The van der Waals surface area contributed by atoms with E-state index < -0.39 is 0 Å². The van der Waals surface area contributed by atoms with Gasteiger partial charge in [0.2, 0.25) is 0 Å². The zero-order chi connectivity index (χ0) is 26.9. The van der Waals surface area contributed by atoms with Crippen LogP contribution < -0.4 is 4.90 Å². The van der Waals surface area contributed by atoms with Gasteiger partial charge in [-0.25, -0.2) is 4.98 Å². The summed E-state index contributed by atoms with van der Waals surface area (Å²) >= 11 is 0. The van der Waals surface area contributed by atoms with Crippen LogP contribution in [-0.2, 0) is 0 Å². The maximum absolute atomic E-state index is 5.12. The first kappa shape index (κ1) is 22.2. The number of aromatic nitrogens is 3. The lowest BCUT2D eigenvalue weighted by Crippen LogP contribution is -2.18. The standard InChI is InChI=1S/C37H24N4/c1-2-11-25(12-3-1)37-38-30-15-10-20-35-36(30)41(37)34-19-9-8-18-33(34)40(35)27-23-21-26(22-24-27)39-31-16-6-4-13-28(31)29-14-5-7-17-32(29)39/h1-24H. The molecule has 4 heteroatoms. The van der Waals surface area contributed by atoms with Gasteiger partial charge in [0.05, 0.1) is 39.1 Å². The number of imidazole rings is 1. The number of anilines is 3. The molecule has 0 spiro atoms. The van der Waals surface area contributed by atoms with Crippen LogP contribution in [0.4, 0.5) is 17.1 Å². The molecule has 192 valence electrons. The summed E-state index contributed by atoms with van der Waals surface area (Å²) in [5, 5.41) is 2.54. The summed E-state index contributed by atoms with van der Waals surface area (Å²) in [5.41, 5.74) is 11.3. The smallest absolute Gasteiger partial charge is 0.145 e. The van der Waals surface area contributed by atoms with Gasteiger partial charge in [0.15, 0.2) is 0 Å². The van der Waals surface area contributed by atoms with Gasteiger partial charge in [-0.05, 0) is 60.7 Å². The highest BCUT2D eigenvalue weighted by molar-refractivity contribution is 6.09. The van der Waals surface area contributed by atoms with Crippen LogP contribution in [0.1, 0.15) is 0 Å². The Morgan fingerprint density at radius 1 is 0.415 bits per heavy atom. The van der Waals surface area contributed by atoms with Gasteiger partial charge in [-0.3, -0.25) is 4.57 Å². The molecular formula is C37H24N4. The van der Waals surface area contributed by atoms with Crippen LogP contribution in [0.3, 0.4) is 0 Å². The lowest BCUT2D eigenvalue weighted by atomic mass is 10.1. The number of hydrogen-bond acceptors (Lipinski definition) is 2. The summed E-state index contributed by atoms with van der Waals surface area (Å²) in [6, 6.07) is 51.7. The summed E-state index contributed by atoms with van der Waals surface area (Å²) in [6.07, 6.45) is 0. The first-order valence-electron chi connectivity index (χ1n) is 13.9. The molecule has 0 fully saturated rings. The van der Waals surface area contributed by atoms with Gasteiger partial charge in [0, 0.05) is 27.7 Å². The van der Waals surface area contributed by atoms with E-state index in [2.05, 4.69) is 154 Å². The Bertz CT molecular complexity index is 2200. The van der Waals surface area contributed by atoms with E-state index in [0.29, 0.717) is 0 Å². The first-order valence-corrected chi connectivity index (χ1v) is 13.9. The van der Waals surface area contributed by atoms with Gasteiger partial charge in [0.25, 0.3) is 0 Å². The molecule has 0 amide bonds. The molecule has 9 rings (SSSR count). The highest BCUT2D eigenvalue weighted by atomic mass is 15.2. The van der Waals surface area contributed by atoms with Crippen molar-refractivity contribution < 1.29 is 0 Å². The van der Waals surface area contributed by atoms with Crippen LogP contribution in [-0.4, -0.2) is 14.1 Å². The summed E-state index contributed by atoms with van der Waals surface area (Å²) < 4.78 is 4.68. The molecule has 0 radical (unpaired) electrons. The van der Waals surface area contributed by atoms with Crippen molar-refractivity contribution in [1.29, 1.82) is 0 Å². The van der Waals surface area contributed by atoms with E-state index in [0.717, 1.165) is 50.9 Å². The van der Waals surface area contributed by atoms with Crippen molar-refractivity contribution in [2.45, 2.75) is 0 Å². The van der Waals surface area contributed by atoms with E-state index in [4.69, 9.17) is 4.98 Å². The number of benzene rings is 6. The molecule has 0 aliphatic carbocycles. The molecule has 4 nitrogen and oxygen atoms in total. The third-order valence-electron chi connectivity index (χ3n) is 8.24. The van der Waals surface area contributed by atoms with Gasteiger partial charge in [-0.1, -0.05) is 84.9 Å². The van der Waals surface area contributed by atoms with Crippen molar-refractivity contribution in [3.8, 4) is 22.8 Å². The maximum atomic E-state index is 5.12. The molecule has 0 saturated carbocycles. The summed E-state index contributed by atoms with van der Waals surface area (Å²) in [6.45, 7) is 0.